The van der Waals surface area contributed by atoms with Gasteiger partial charge in [-0.3, -0.25) is 4.98 Å². The summed E-state index contributed by atoms with van der Waals surface area (Å²) in [6.07, 6.45) is 4.87. The van der Waals surface area contributed by atoms with Crippen molar-refractivity contribution >= 4 is 11.8 Å². The van der Waals surface area contributed by atoms with Gasteiger partial charge >= 0.3 is 0 Å². The zero-order chi connectivity index (χ0) is 12.2. The van der Waals surface area contributed by atoms with E-state index in [4.69, 9.17) is 0 Å². The number of pyridine rings is 1. The Labute approximate surface area is 112 Å². The topological polar surface area (TPSA) is 24.9 Å². The Kier molecular flexibility index (Phi) is 3.62. The van der Waals surface area contributed by atoms with Crippen LogP contribution < -0.4 is 5.32 Å². The van der Waals surface area contributed by atoms with Crippen molar-refractivity contribution in [2.45, 2.75) is 23.1 Å². The maximum atomic E-state index is 4.03. The number of fused-ring (bicyclic) bond motifs is 1. The third-order valence-electron chi connectivity index (χ3n) is 3.16. The summed E-state index contributed by atoms with van der Waals surface area (Å²) in [4.78, 5) is 5.48. The number of aromatic nitrogens is 1. The van der Waals surface area contributed by atoms with Crippen LogP contribution in [0.25, 0.3) is 0 Å². The second kappa shape index (κ2) is 5.55. The van der Waals surface area contributed by atoms with E-state index in [1.165, 1.54) is 22.4 Å². The number of thioether (sulfide) groups is 1. The van der Waals surface area contributed by atoms with Gasteiger partial charge in [0.05, 0.1) is 0 Å². The zero-order valence-electron chi connectivity index (χ0n) is 10.2. The van der Waals surface area contributed by atoms with Crippen molar-refractivity contribution in [2.75, 3.05) is 6.54 Å². The molecular weight excluding hydrogens is 240 g/mol. The molecule has 92 valence electrons. The maximum absolute atomic E-state index is 4.03. The van der Waals surface area contributed by atoms with Crippen molar-refractivity contribution in [2.24, 2.45) is 0 Å². The summed E-state index contributed by atoms with van der Waals surface area (Å²) in [5.74, 6) is 0. The average Bonchev–Trinajstić information content (AvgIpc) is 2.82. The standard InChI is InChI=1S/C15H16N2S/c1-2-4-15-13(3-1)9-14(18-15)11-17-10-12-5-7-16-8-6-12/h1-8,14,17H,9-11H2. The second-order valence-electron chi connectivity index (χ2n) is 4.54. The molecule has 2 heterocycles. The van der Waals surface area contributed by atoms with Crippen LogP contribution in [-0.4, -0.2) is 16.8 Å². The number of rotatable bonds is 4. The van der Waals surface area contributed by atoms with Gasteiger partial charge in [0.1, 0.15) is 0 Å². The minimum absolute atomic E-state index is 0.671. The molecule has 1 aliphatic heterocycles. The lowest BCUT2D eigenvalue weighted by atomic mass is 10.1. The summed E-state index contributed by atoms with van der Waals surface area (Å²) in [6, 6.07) is 12.8. The summed E-state index contributed by atoms with van der Waals surface area (Å²) in [7, 11) is 0. The Morgan fingerprint density at radius 3 is 2.83 bits per heavy atom. The van der Waals surface area contributed by atoms with E-state index in [1.807, 2.05) is 24.2 Å². The molecular formula is C15H16N2S. The molecule has 2 nitrogen and oxygen atoms in total. The van der Waals surface area contributed by atoms with E-state index < -0.39 is 0 Å². The first-order chi connectivity index (χ1) is 8.92. The Morgan fingerprint density at radius 2 is 2.00 bits per heavy atom. The zero-order valence-corrected chi connectivity index (χ0v) is 11.0. The molecule has 1 atom stereocenters. The monoisotopic (exact) mass is 256 g/mol. The molecule has 1 unspecified atom stereocenters. The van der Waals surface area contributed by atoms with Gasteiger partial charge in [-0.25, -0.2) is 0 Å². The number of hydrogen-bond donors (Lipinski definition) is 1. The quantitative estimate of drug-likeness (QED) is 0.910. The summed E-state index contributed by atoms with van der Waals surface area (Å²) in [5.41, 5.74) is 2.80. The first-order valence-corrected chi connectivity index (χ1v) is 7.14. The molecule has 0 bridgehead atoms. The molecule has 1 N–H and O–H groups in total. The van der Waals surface area contributed by atoms with E-state index in [2.05, 4.69) is 46.7 Å². The molecule has 0 radical (unpaired) electrons. The molecule has 1 aromatic heterocycles. The molecule has 0 saturated carbocycles. The van der Waals surface area contributed by atoms with Gasteiger partial charge in [0, 0.05) is 35.6 Å². The molecule has 18 heavy (non-hydrogen) atoms. The largest absolute Gasteiger partial charge is 0.312 e. The van der Waals surface area contributed by atoms with Crippen LogP contribution in [0.4, 0.5) is 0 Å². The fraction of sp³-hybridized carbons (Fsp3) is 0.267. The molecule has 1 aliphatic rings. The lowest BCUT2D eigenvalue weighted by molar-refractivity contribution is 0.664. The first kappa shape index (κ1) is 11.8. The third kappa shape index (κ3) is 2.74. The maximum Gasteiger partial charge on any atom is 0.0271 e. The summed E-state index contributed by atoms with van der Waals surface area (Å²) < 4.78 is 0. The van der Waals surface area contributed by atoms with E-state index in [9.17, 15) is 0 Å². The van der Waals surface area contributed by atoms with Crippen LogP contribution in [0.3, 0.4) is 0 Å². The molecule has 0 amide bonds. The smallest absolute Gasteiger partial charge is 0.0271 e. The molecule has 0 aliphatic carbocycles. The fourth-order valence-electron chi connectivity index (χ4n) is 2.25. The Balaban J connectivity index is 1.49. The molecule has 3 rings (SSSR count). The van der Waals surface area contributed by atoms with Gasteiger partial charge in [-0.15, -0.1) is 11.8 Å². The predicted octanol–water partition coefficient (Wildman–Crippen LogP) is 2.89. The van der Waals surface area contributed by atoms with Gasteiger partial charge in [0.15, 0.2) is 0 Å². The summed E-state index contributed by atoms with van der Waals surface area (Å²) >= 11 is 2.00. The molecule has 0 spiro atoms. The predicted molar refractivity (Wildman–Crippen MR) is 75.7 cm³/mol. The van der Waals surface area contributed by atoms with Crippen LogP contribution in [0.2, 0.25) is 0 Å². The fourth-order valence-corrected chi connectivity index (χ4v) is 3.53. The van der Waals surface area contributed by atoms with Gasteiger partial charge < -0.3 is 5.32 Å². The van der Waals surface area contributed by atoms with Crippen LogP contribution in [0.1, 0.15) is 11.1 Å². The molecule has 0 saturated heterocycles. The molecule has 2 aromatic rings. The number of nitrogens with zero attached hydrogens (tertiary/aromatic N) is 1. The normalized spacial score (nSPS) is 17.7. The minimum Gasteiger partial charge on any atom is -0.312 e. The van der Waals surface area contributed by atoms with Crippen molar-refractivity contribution in [3.63, 3.8) is 0 Å². The number of hydrogen-bond acceptors (Lipinski definition) is 3. The number of benzene rings is 1. The Bertz CT molecular complexity index is 488. The van der Waals surface area contributed by atoms with Crippen LogP contribution in [-0.2, 0) is 13.0 Å². The van der Waals surface area contributed by atoms with E-state index in [-0.39, 0.29) is 0 Å². The highest BCUT2D eigenvalue weighted by atomic mass is 32.2. The van der Waals surface area contributed by atoms with Crippen molar-refractivity contribution in [3.8, 4) is 0 Å². The first-order valence-electron chi connectivity index (χ1n) is 6.26. The van der Waals surface area contributed by atoms with Gasteiger partial charge in [-0.1, -0.05) is 18.2 Å². The molecule has 3 heteroatoms. The lowest BCUT2D eigenvalue weighted by Crippen LogP contribution is -2.23. The van der Waals surface area contributed by atoms with Crippen molar-refractivity contribution < 1.29 is 0 Å². The highest BCUT2D eigenvalue weighted by Gasteiger charge is 2.20. The van der Waals surface area contributed by atoms with Crippen molar-refractivity contribution in [1.29, 1.82) is 0 Å². The van der Waals surface area contributed by atoms with E-state index in [1.54, 1.807) is 0 Å². The van der Waals surface area contributed by atoms with Gasteiger partial charge in [0.25, 0.3) is 0 Å². The Morgan fingerprint density at radius 1 is 1.17 bits per heavy atom. The van der Waals surface area contributed by atoms with E-state index in [0.717, 1.165) is 13.1 Å². The van der Waals surface area contributed by atoms with Gasteiger partial charge in [-0.2, -0.15) is 0 Å². The molecule has 0 fully saturated rings. The summed E-state index contributed by atoms with van der Waals surface area (Å²) in [6.45, 7) is 1.98. The van der Waals surface area contributed by atoms with Gasteiger partial charge in [0.2, 0.25) is 0 Å². The lowest BCUT2D eigenvalue weighted by Gasteiger charge is -2.09. The Hall–Kier alpha value is -1.32. The van der Waals surface area contributed by atoms with Crippen LogP contribution in [0.5, 0.6) is 0 Å². The van der Waals surface area contributed by atoms with E-state index in [0.29, 0.717) is 5.25 Å². The van der Waals surface area contributed by atoms with E-state index >= 15 is 0 Å². The van der Waals surface area contributed by atoms with Gasteiger partial charge in [-0.05, 0) is 35.7 Å². The average molecular weight is 256 g/mol. The SMILES string of the molecule is c1ccc2c(c1)CC(CNCc1ccncc1)S2. The minimum atomic E-state index is 0.671. The van der Waals surface area contributed by atoms with Crippen molar-refractivity contribution in [1.82, 2.24) is 10.3 Å². The van der Waals surface area contributed by atoms with Crippen molar-refractivity contribution in [3.05, 3.63) is 59.9 Å². The van der Waals surface area contributed by atoms with Crippen LogP contribution in [0, 0.1) is 0 Å². The highest BCUT2D eigenvalue weighted by molar-refractivity contribution is 8.00. The number of nitrogens with one attached hydrogen (secondary N) is 1. The third-order valence-corrected chi connectivity index (χ3v) is 4.48. The molecule has 1 aromatic carbocycles. The highest BCUT2D eigenvalue weighted by Crippen LogP contribution is 2.36. The van der Waals surface area contributed by atoms with Crippen LogP contribution in [0.15, 0.2) is 53.7 Å². The van der Waals surface area contributed by atoms with Crippen LogP contribution >= 0.6 is 11.8 Å². The summed E-state index contributed by atoms with van der Waals surface area (Å²) in [5, 5.41) is 4.20. The second-order valence-corrected chi connectivity index (χ2v) is 5.88.